The molecule has 0 unspecified atom stereocenters. The molecule has 0 aromatic heterocycles. The van der Waals surface area contributed by atoms with E-state index in [0.29, 0.717) is 10.2 Å². The lowest BCUT2D eigenvalue weighted by molar-refractivity contribution is 0.480. The second-order valence-electron chi connectivity index (χ2n) is 1.90. The molecule has 0 fully saturated rings. The summed E-state index contributed by atoms with van der Waals surface area (Å²) < 4.78 is 0.652. The second kappa shape index (κ2) is 2.38. The van der Waals surface area contributed by atoms with E-state index < -0.39 is 0 Å². The second-order valence-corrected chi connectivity index (χ2v) is 2.75. The average molecular weight is 203 g/mol. The third-order valence-electron chi connectivity index (χ3n) is 1.20. The Morgan fingerprint density at radius 2 is 1.90 bits per heavy atom. The molecule has 0 heterocycles. The smallest absolute Gasteiger partial charge is 0.162 e. The summed E-state index contributed by atoms with van der Waals surface area (Å²) in [6, 6.07) is 3.26. The first-order chi connectivity index (χ1) is 4.63. The highest BCUT2D eigenvalue weighted by molar-refractivity contribution is 9.10. The number of phenols is 1. The third-order valence-corrected chi connectivity index (χ3v) is 1.89. The molecule has 1 aromatic rings. The summed E-state index contributed by atoms with van der Waals surface area (Å²) in [6.45, 7) is 0. The molecule has 54 valence electrons. The van der Waals surface area contributed by atoms with Crippen molar-refractivity contribution in [3.8, 4) is 5.75 Å². The molecule has 0 spiro atoms. The van der Waals surface area contributed by atoms with Gasteiger partial charge in [-0.05, 0) is 28.1 Å². The lowest BCUT2D eigenvalue weighted by atomic mass is 10.2. The summed E-state index contributed by atoms with van der Waals surface area (Å²) in [5.41, 5.74) is 11.3. The fourth-order valence-corrected chi connectivity index (χ4v) is 0.920. The van der Waals surface area contributed by atoms with Crippen molar-refractivity contribution in [2.75, 3.05) is 11.5 Å². The van der Waals surface area contributed by atoms with Crippen LogP contribution in [-0.4, -0.2) is 5.11 Å². The Hall–Kier alpha value is -0.900. The van der Waals surface area contributed by atoms with E-state index in [9.17, 15) is 0 Å². The van der Waals surface area contributed by atoms with Gasteiger partial charge in [0.25, 0.3) is 0 Å². The van der Waals surface area contributed by atoms with E-state index in [0.717, 1.165) is 0 Å². The SMILES string of the molecule is Nc1ccc(Br)c(N)c1O. The van der Waals surface area contributed by atoms with Gasteiger partial charge in [-0.3, -0.25) is 0 Å². The molecule has 3 nitrogen and oxygen atoms in total. The van der Waals surface area contributed by atoms with Gasteiger partial charge in [0.15, 0.2) is 5.75 Å². The van der Waals surface area contributed by atoms with Gasteiger partial charge in [-0.2, -0.15) is 0 Å². The van der Waals surface area contributed by atoms with Gasteiger partial charge in [0.2, 0.25) is 0 Å². The number of anilines is 2. The minimum absolute atomic E-state index is 0.0608. The van der Waals surface area contributed by atoms with Crippen LogP contribution in [0.3, 0.4) is 0 Å². The largest absolute Gasteiger partial charge is 0.504 e. The number of aromatic hydroxyl groups is 1. The number of halogens is 1. The van der Waals surface area contributed by atoms with Crippen LogP contribution in [0.25, 0.3) is 0 Å². The molecule has 5 N–H and O–H groups in total. The normalized spacial score (nSPS) is 9.70. The standard InChI is InChI=1S/C6H7BrN2O/c7-3-1-2-4(8)6(10)5(3)9/h1-2,10H,8-9H2. The van der Waals surface area contributed by atoms with Crippen LogP contribution in [0.15, 0.2) is 16.6 Å². The summed E-state index contributed by atoms with van der Waals surface area (Å²) in [7, 11) is 0. The van der Waals surface area contributed by atoms with Crippen LogP contribution >= 0.6 is 15.9 Å². The van der Waals surface area contributed by atoms with E-state index in [4.69, 9.17) is 16.6 Å². The van der Waals surface area contributed by atoms with Gasteiger partial charge in [0.1, 0.15) is 0 Å². The molecular formula is C6H7BrN2O. The fourth-order valence-electron chi connectivity index (χ4n) is 0.600. The van der Waals surface area contributed by atoms with Crippen molar-refractivity contribution in [2.45, 2.75) is 0 Å². The van der Waals surface area contributed by atoms with Gasteiger partial charge < -0.3 is 16.6 Å². The molecule has 0 amide bonds. The van der Waals surface area contributed by atoms with Crippen molar-refractivity contribution in [1.29, 1.82) is 0 Å². The summed E-state index contributed by atoms with van der Waals surface area (Å²) in [6.07, 6.45) is 0. The molecule has 0 aliphatic carbocycles. The van der Waals surface area contributed by atoms with E-state index in [1.165, 1.54) is 0 Å². The van der Waals surface area contributed by atoms with Gasteiger partial charge in [0, 0.05) is 4.47 Å². The van der Waals surface area contributed by atoms with Crippen LogP contribution < -0.4 is 11.5 Å². The van der Waals surface area contributed by atoms with Crippen molar-refractivity contribution in [3.05, 3.63) is 16.6 Å². The predicted molar refractivity (Wildman–Crippen MR) is 44.6 cm³/mol. The zero-order valence-electron chi connectivity index (χ0n) is 5.13. The monoisotopic (exact) mass is 202 g/mol. The van der Waals surface area contributed by atoms with Gasteiger partial charge >= 0.3 is 0 Å². The molecule has 0 saturated carbocycles. The molecular weight excluding hydrogens is 196 g/mol. The first-order valence-electron chi connectivity index (χ1n) is 2.65. The molecule has 10 heavy (non-hydrogen) atoms. The van der Waals surface area contributed by atoms with Gasteiger partial charge in [-0.1, -0.05) is 0 Å². The lowest BCUT2D eigenvalue weighted by Gasteiger charge is -2.02. The van der Waals surface area contributed by atoms with E-state index in [1.807, 2.05) is 0 Å². The van der Waals surface area contributed by atoms with Crippen molar-refractivity contribution in [3.63, 3.8) is 0 Å². The first-order valence-corrected chi connectivity index (χ1v) is 3.44. The highest BCUT2D eigenvalue weighted by Gasteiger charge is 2.03. The molecule has 0 aliphatic heterocycles. The fraction of sp³-hybridized carbons (Fsp3) is 0. The van der Waals surface area contributed by atoms with E-state index >= 15 is 0 Å². The zero-order chi connectivity index (χ0) is 7.72. The van der Waals surface area contributed by atoms with Crippen LogP contribution in [0.2, 0.25) is 0 Å². The van der Waals surface area contributed by atoms with E-state index in [-0.39, 0.29) is 11.4 Å². The maximum Gasteiger partial charge on any atom is 0.162 e. The number of hydrogen-bond acceptors (Lipinski definition) is 3. The number of rotatable bonds is 0. The number of benzene rings is 1. The number of nitrogen functional groups attached to an aromatic ring is 2. The maximum absolute atomic E-state index is 9.11. The Bertz CT molecular complexity index is 235. The van der Waals surface area contributed by atoms with Crippen molar-refractivity contribution >= 4 is 27.3 Å². The van der Waals surface area contributed by atoms with E-state index in [1.54, 1.807) is 12.1 Å². The van der Waals surface area contributed by atoms with Gasteiger partial charge in [0.05, 0.1) is 11.4 Å². The van der Waals surface area contributed by atoms with Crippen molar-refractivity contribution < 1.29 is 5.11 Å². The van der Waals surface area contributed by atoms with Crippen LogP contribution in [0.5, 0.6) is 5.75 Å². The van der Waals surface area contributed by atoms with Crippen LogP contribution in [0.1, 0.15) is 0 Å². The third kappa shape index (κ3) is 1.02. The zero-order valence-corrected chi connectivity index (χ0v) is 6.72. The number of hydrogen-bond donors (Lipinski definition) is 3. The Kier molecular flexibility index (Phi) is 1.72. The highest BCUT2D eigenvalue weighted by Crippen LogP contribution is 2.33. The highest BCUT2D eigenvalue weighted by atomic mass is 79.9. The lowest BCUT2D eigenvalue weighted by Crippen LogP contribution is -1.92. The van der Waals surface area contributed by atoms with Crippen LogP contribution in [-0.2, 0) is 0 Å². The van der Waals surface area contributed by atoms with Gasteiger partial charge in [-0.15, -0.1) is 0 Å². The average Bonchev–Trinajstić information content (AvgIpc) is 1.93. The minimum atomic E-state index is -0.0608. The number of phenolic OH excluding ortho intramolecular Hbond substituents is 1. The molecule has 1 rings (SSSR count). The summed E-state index contributed by atoms with van der Waals surface area (Å²) in [5, 5.41) is 9.11. The summed E-state index contributed by atoms with van der Waals surface area (Å²) >= 11 is 3.14. The Labute approximate surface area is 66.8 Å². The van der Waals surface area contributed by atoms with Crippen molar-refractivity contribution in [2.24, 2.45) is 0 Å². The van der Waals surface area contributed by atoms with Crippen LogP contribution in [0.4, 0.5) is 11.4 Å². The summed E-state index contributed by atoms with van der Waals surface area (Å²) in [5.74, 6) is -0.0608. The first kappa shape index (κ1) is 7.21. The van der Waals surface area contributed by atoms with Gasteiger partial charge in [-0.25, -0.2) is 0 Å². The minimum Gasteiger partial charge on any atom is -0.504 e. The van der Waals surface area contributed by atoms with E-state index in [2.05, 4.69) is 15.9 Å². The number of nitrogens with two attached hydrogens (primary N) is 2. The molecule has 1 aromatic carbocycles. The molecule has 4 heteroatoms. The Morgan fingerprint density at radius 1 is 1.30 bits per heavy atom. The quantitative estimate of drug-likeness (QED) is 0.439. The van der Waals surface area contributed by atoms with Crippen molar-refractivity contribution in [1.82, 2.24) is 0 Å². The molecule has 0 bridgehead atoms. The summed E-state index contributed by atoms with van der Waals surface area (Å²) in [4.78, 5) is 0. The molecule has 0 atom stereocenters. The Balaban J connectivity index is 3.34. The van der Waals surface area contributed by atoms with Crippen LogP contribution in [0, 0.1) is 0 Å². The topological polar surface area (TPSA) is 72.3 Å². The molecule has 0 aliphatic rings. The maximum atomic E-state index is 9.11. The predicted octanol–water partition coefficient (Wildman–Crippen LogP) is 1.32. The Morgan fingerprint density at radius 3 is 2.40 bits per heavy atom. The molecule has 0 saturated heterocycles. The molecule has 0 radical (unpaired) electrons.